The van der Waals surface area contributed by atoms with Gasteiger partial charge in [0.15, 0.2) is 0 Å². The van der Waals surface area contributed by atoms with Crippen LogP contribution in [0, 0.1) is 0 Å². The number of ether oxygens (including phenoxy) is 1. The summed E-state index contributed by atoms with van der Waals surface area (Å²) in [5.41, 5.74) is 0. The highest BCUT2D eigenvalue weighted by molar-refractivity contribution is 7.89. The Hall–Kier alpha value is -0.660. The number of nitrogens with one attached hydrogen (secondary N) is 1. The molecule has 0 radical (unpaired) electrons. The Morgan fingerprint density at radius 3 is 2.62 bits per heavy atom. The van der Waals surface area contributed by atoms with Crippen LogP contribution in [0.3, 0.4) is 0 Å². The van der Waals surface area contributed by atoms with Crippen molar-refractivity contribution in [3.8, 4) is 0 Å². The van der Waals surface area contributed by atoms with Crippen molar-refractivity contribution in [2.24, 2.45) is 0 Å². The van der Waals surface area contributed by atoms with Gasteiger partial charge in [-0.05, 0) is 20.3 Å². The van der Waals surface area contributed by atoms with E-state index in [1.54, 1.807) is 6.92 Å². The molecule has 0 aromatic carbocycles. The SMILES string of the molecule is CCOCC(C)NS(=O)(=O)CCCC(=O)O. The van der Waals surface area contributed by atoms with Gasteiger partial charge in [0.05, 0.1) is 12.4 Å². The molecule has 0 rings (SSSR count). The summed E-state index contributed by atoms with van der Waals surface area (Å²) in [7, 11) is -3.40. The molecule has 0 fully saturated rings. The second-order valence-electron chi connectivity index (χ2n) is 3.49. The Balaban J connectivity index is 3.90. The van der Waals surface area contributed by atoms with E-state index < -0.39 is 16.0 Å². The van der Waals surface area contributed by atoms with Crippen LogP contribution in [-0.2, 0) is 19.6 Å². The van der Waals surface area contributed by atoms with Crippen molar-refractivity contribution >= 4 is 16.0 Å². The van der Waals surface area contributed by atoms with Gasteiger partial charge >= 0.3 is 5.97 Å². The smallest absolute Gasteiger partial charge is 0.303 e. The molecular weight excluding hydrogens is 234 g/mol. The van der Waals surface area contributed by atoms with Gasteiger partial charge in [-0.1, -0.05) is 0 Å². The second kappa shape index (κ2) is 7.59. The first-order chi connectivity index (χ1) is 7.37. The minimum atomic E-state index is -3.40. The van der Waals surface area contributed by atoms with Crippen LogP contribution < -0.4 is 4.72 Å². The maximum Gasteiger partial charge on any atom is 0.303 e. The van der Waals surface area contributed by atoms with E-state index in [1.807, 2.05) is 6.92 Å². The van der Waals surface area contributed by atoms with Crippen molar-refractivity contribution in [2.45, 2.75) is 32.7 Å². The highest BCUT2D eigenvalue weighted by Crippen LogP contribution is 1.97. The fraction of sp³-hybridized carbons (Fsp3) is 0.889. The molecule has 0 aliphatic carbocycles. The molecule has 0 spiro atoms. The fourth-order valence-corrected chi connectivity index (χ4v) is 2.43. The minimum absolute atomic E-state index is 0.117. The molecule has 0 saturated carbocycles. The van der Waals surface area contributed by atoms with Crippen LogP contribution in [-0.4, -0.2) is 44.5 Å². The molecule has 16 heavy (non-hydrogen) atoms. The summed E-state index contributed by atoms with van der Waals surface area (Å²) in [5.74, 6) is -1.16. The summed E-state index contributed by atoms with van der Waals surface area (Å²) in [6, 6.07) is -0.297. The predicted octanol–water partition coefficient (Wildman–Crippen LogP) is 0.196. The normalized spacial score (nSPS) is 13.6. The summed E-state index contributed by atoms with van der Waals surface area (Å²) in [5, 5.41) is 8.37. The third kappa shape index (κ3) is 8.63. The van der Waals surface area contributed by atoms with Crippen molar-refractivity contribution in [3.63, 3.8) is 0 Å². The highest BCUT2D eigenvalue weighted by atomic mass is 32.2. The lowest BCUT2D eigenvalue weighted by molar-refractivity contribution is -0.137. The van der Waals surface area contributed by atoms with Gasteiger partial charge in [-0.15, -0.1) is 0 Å². The number of carboxylic acid groups (broad SMARTS) is 1. The van der Waals surface area contributed by atoms with Crippen LogP contribution in [0.15, 0.2) is 0 Å². The molecule has 7 heteroatoms. The number of carbonyl (C=O) groups is 1. The lowest BCUT2D eigenvalue weighted by atomic mass is 10.3. The van der Waals surface area contributed by atoms with Crippen LogP contribution in [0.1, 0.15) is 26.7 Å². The Morgan fingerprint density at radius 2 is 2.12 bits per heavy atom. The van der Waals surface area contributed by atoms with Crippen molar-refractivity contribution in [3.05, 3.63) is 0 Å². The maximum atomic E-state index is 11.4. The van der Waals surface area contributed by atoms with Gasteiger partial charge in [0.2, 0.25) is 10.0 Å². The monoisotopic (exact) mass is 253 g/mol. The Labute approximate surface area is 96.0 Å². The number of sulfonamides is 1. The summed E-state index contributed by atoms with van der Waals surface area (Å²) in [6.45, 7) is 4.37. The van der Waals surface area contributed by atoms with Crippen LogP contribution in [0.4, 0.5) is 0 Å². The third-order valence-electron chi connectivity index (χ3n) is 1.76. The molecular formula is C9H19NO5S. The van der Waals surface area contributed by atoms with E-state index >= 15 is 0 Å². The molecule has 0 aromatic heterocycles. The Bertz CT molecular complexity index is 301. The molecule has 0 amide bonds. The van der Waals surface area contributed by atoms with Crippen molar-refractivity contribution in [2.75, 3.05) is 19.0 Å². The van der Waals surface area contributed by atoms with E-state index in [2.05, 4.69) is 4.72 Å². The van der Waals surface area contributed by atoms with Gasteiger partial charge in [-0.25, -0.2) is 13.1 Å². The molecule has 0 bridgehead atoms. The van der Waals surface area contributed by atoms with E-state index in [4.69, 9.17) is 9.84 Å². The van der Waals surface area contributed by atoms with Crippen LogP contribution in [0.2, 0.25) is 0 Å². The average molecular weight is 253 g/mol. The summed E-state index contributed by atoms with van der Waals surface area (Å²) in [6.07, 6.45) is -0.0211. The fourth-order valence-electron chi connectivity index (χ4n) is 1.11. The van der Waals surface area contributed by atoms with Crippen molar-refractivity contribution < 1.29 is 23.1 Å². The second-order valence-corrected chi connectivity index (χ2v) is 5.37. The zero-order valence-electron chi connectivity index (χ0n) is 9.60. The van der Waals surface area contributed by atoms with Crippen LogP contribution >= 0.6 is 0 Å². The van der Waals surface area contributed by atoms with Crippen LogP contribution in [0.25, 0.3) is 0 Å². The standard InChI is InChI=1S/C9H19NO5S/c1-3-15-7-8(2)10-16(13,14)6-4-5-9(11)12/h8,10H,3-7H2,1-2H3,(H,11,12). The van der Waals surface area contributed by atoms with Gasteiger partial charge in [0, 0.05) is 19.1 Å². The van der Waals surface area contributed by atoms with Gasteiger partial charge in [0.1, 0.15) is 0 Å². The molecule has 0 heterocycles. The molecule has 0 aliphatic rings. The molecule has 1 unspecified atom stereocenters. The van der Waals surface area contributed by atoms with Crippen molar-refractivity contribution in [1.82, 2.24) is 4.72 Å². The van der Waals surface area contributed by atoms with E-state index in [-0.39, 0.29) is 24.6 Å². The van der Waals surface area contributed by atoms with Gasteiger partial charge in [-0.3, -0.25) is 4.79 Å². The first kappa shape index (κ1) is 15.3. The van der Waals surface area contributed by atoms with E-state index in [9.17, 15) is 13.2 Å². The number of aliphatic carboxylic acids is 1. The molecule has 1 atom stereocenters. The Morgan fingerprint density at radius 1 is 1.50 bits per heavy atom. The summed E-state index contributed by atoms with van der Waals surface area (Å²) in [4.78, 5) is 10.2. The molecule has 0 aliphatic heterocycles. The molecule has 96 valence electrons. The number of hydrogen-bond donors (Lipinski definition) is 2. The van der Waals surface area contributed by atoms with E-state index in [1.165, 1.54) is 0 Å². The zero-order chi connectivity index (χ0) is 12.6. The van der Waals surface area contributed by atoms with Crippen LogP contribution in [0.5, 0.6) is 0 Å². The zero-order valence-corrected chi connectivity index (χ0v) is 10.4. The van der Waals surface area contributed by atoms with Gasteiger partial charge in [0.25, 0.3) is 0 Å². The molecule has 0 saturated heterocycles. The number of carboxylic acids is 1. The summed E-state index contributed by atoms with van der Waals surface area (Å²) >= 11 is 0. The summed E-state index contributed by atoms with van der Waals surface area (Å²) < 4.78 is 30.3. The van der Waals surface area contributed by atoms with Gasteiger partial charge in [-0.2, -0.15) is 0 Å². The molecule has 6 nitrogen and oxygen atoms in total. The first-order valence-corrected chi connectivity index (χ1v) is 6.82. The average Bonchev–Trinajstić information content (AvgIpc) is 2.12. The molecule has 2 N–H and O–H groups in total. The van der Waals surface area contributed by atoms with E-state index in [0.29, 0.717) is 13.2 Å². The van der Waals surface area contributed by atoms with E-state index in [0.717, 1.165) is 0 Å². The number of rotatable bonds is 9. The topological polar surface area (TPSA) is 92.7 Å². The Kier molecular flexibility index (Phi) is 7.27. The first-order valence-electron chi connectivity index (χ1n) is 5.17. The lowest BCUT2D eigenvalue weighted by Gasteiger charge is -2.13. The molecule has 0 aromatic rings. The van der Waals surface area contributed by atoms with Gasteiger partial charge < -0.3 is 9.84 Å². The maximum absolute atomic E-state index is 11.4. The lowest BCUT2D eigenvalue weighted by Crippen LogP contribution is -2.37. The largest absolute Gasteiger partial charge is 0.481 e. The van der Waals surface area contributed by atoms with Crippen molar-refractivity contribution in [1.29, 1.82) is 0 Å². The minimum Gasteiger partial charge on any atom is -0.481 e. The quantitative estimate of drug-likeness (QED) is 0.612. The highest BCUT2D eigenvalue weighted by Gasteiger charge is 2.14. The third-order valence-corrected chi connectivity index (χ3v) is 3.34. The number of hydrogen-bond acceptors (Lipinski definition) is 4. The predicted molar refractivity (Wildman–Crippen MR) is 59.7 cm³/mol.